The van der Waals surface area contributed by atoms with E-state index in [1.807, 2.05) is 6.07 Å². The predicted molar refractivity (Wildman–Crippen MR) is 81.8 cm³/mol. The maximum Gasteiger partial charge on any atom is 0.241 e. The molecule has 1 amide bonds. The van der Waals surface area contributed by atoms with Crippen molar-refractivity contribution < 1.29 is 17.9 Å². The first-order chi connectivity index (χ1) is 11.0. The van der Waals surface area contributed by atoms with Crippen LogP contribution in [0.1, 0.15) is 16.4 Å². The summed E-state index contributed by atoms with van der Waals surface area (Å²) in [4.78, 5) is 11.8. The molecule has 2 unspecified atom stereocenters. The van der Waals surface area contributed by atoms with Crippen molar-refractivity contribution in [2.45, 2.75) is 11.3 Å². The van der Waals surface area contributed by atoms with E-state index in [0.717, 1.165) is 0 Å². The number of carbonyl (C=O) groups excluding carboxylic acids is 1. The Labute approximate surface area is 133 Å². The van der Waals surface area contributed by atoms with Gasteiger partial charge >= 0.3 is 0 Å². The lowest BCUT2D eigenvalue weighted by Crippen LogP contribution is -2.47. The highest BCUT2D eigenvalue weighted by Gasteiger charge is 2.47. The second-order valence-electron chi connectivity index (χ2n) is 5.38. The lowest BCUT2D eigenvalue weighted by molar-refractivity contribution is -0.118. The van der Waals surface area contributed by atoms with Gasteiger partial charge in [0.25, 0.3) is 0 Å². The molecule has 1 saturated heterocycles. The highest BCUT2D eigenvalue weighted by atomic mass is 32.2. The number of rotatable bonds is 3. The number of amides is 1. The fraction of sp³-hybridized carbons (Fsp3) is 0.429. The number of nitriles is 1. The number of hydrogen-bond donors (Lipinski definition) is 2. The van der Waals surface area contributed by atoms with E-state index in [0.29, 0.717) is 24.5 Å². The third kappa shape index (κ3) is 2.55. The first-order valence-corrected chi connectivity index (χ1v) is 8.62. The molecule has 3 rings (SSSR count). The van der Waals surface area contributed by atoms with E-state index in [1.165, 1.54) is 4.31 Å². The Balaban J connectivity index is 2.09. The number of benzene rings is 1. The molecular formula is C14H16N4O4S. The van der Waals surface area contributed by atoms with E-state index in [9.17, 15) is 18.5 Å². The third-order valence-electron chi connectivity index (χ3n) is 4.08. The van der Waals surface area contributed by atoms with Gasteiger partial charge in [-0.25, -0.2) is 8.42 Å². The van der Waals surface area contributed by atoms with E-state index in [-0.39, 0.29) is 18.7 Å². The first kappa shape index (κ1) is 15.7. The Bertz CT molecular complexity index is 780. The normalized spacial score (nSPS) is 24.5. The number of carbonyl (C=O) groups is 1. The maximum absolute atomic E-state index is 13.0. The molecule has 0 saturated carbocycles. The Morgan fingerprint density at radius 1 is 1.39 bits per heavy atom. The second-order valence-corrected chi connectivity index (χ2v) is 7.44. The molecule has 0 radical (unpaired) electrons. The standard InChI is InChI=1S/C14H16N4O4S/c15-8-9-2-1-3-10-11(9)17-12(14(16)19)13(10)23(20,21)18-4-6-22-7-5-18/h1-3,12-13,17H,4-7H2,(H2,16,19). The molecule has 0 spiro atoms. The summed E-state index contributed by atoms with van der Waals surface area (Å²) < 4.78 is 32.5. The van der Waals surface area contributed by atoms with Crippen molar-refractivity contribution in [3.8, 4) is 6.07 Å². The minimum Gasteiger partial charge on any atom is -0.379 e. The molecule has 23 heavy (non-hydrogen) atoms. The van der Waals surface area contributed by atoms with Gasteiger partial charge in [0.15, 0.2) is 0 Å². The van der Waals surface area contributed by atoms with Gasteiger partial charge in [0.05, 0.1) is 24.5 Å². The summed E-state index contributed by atoms with van der Waals surface area (Å²) in [6, 6.07) is 5.66. The zero-order valence-corrected chi connectivity index (χ0v) is 13.0. The number of para-hydroxylation sites is 1. The zero-order valence-electron chi connectivity index (χ0n) is 12.2. The molecule has 2 atom stereocenters. The molecule has 1 aromatic carbocycles. The van der Waals surface area contributed by atoms with Gasteiger partial charge in [-0.2, -0.15) is 9.57 Å². The molecule has 0 aromatic heterocycles. The van der Waals surface area contributed by atoms with Crippen LogP contribution < -0.4 is 11.1 Å². The summed E-state index contributed by atoms with van der Waals surface area (Å²) in [5.74, 6) is -0.771. The van der Waals surface area contributed by atoms with E-state index in [4.69, 9.17) is 10.5 Å². The van der Waals surface area contributed by atoms with Crippen molar-refractivity contribution in [1.29, 1.82) is 5.26 Å². The number of fused-ring (bicyclic) bond motifs is 1. The fourth-order valence-electron chi connectivity index (χ4n) is 2.99. The quantitative estimate of drug-likeness (QED) is 0.769. The minimum atomic E-state index is -3.81. The van der Waals surface area contributed by atoms with Crippen molar-refractivity contribution in [1.82, 2.24) is 4.31 Å². The van der Waals surface area contributed by atoms with E-state index < -0.39 is 27.2 Å². The molecule has 1 fully saturated rings. The number of nitrogens with two attached hydrogens (primary N) is 1. The van der Waals surface area contributed by atoms with E-state index in [2.05, 4.69) is 5.32 Å². The van der Waals surface area contributed by atoms with Crippen LogP contribution in [0.3, 0.4) is 0 Å². The lowest BCUT2D eigenvalue weighted by Gasteiger charge is -2.30. The SMILES string of the molecule is N#Cc1cccc2c1NC(C(N)=O)C2S(=O)(=O)N1CCOCC1. The summed E-state index contributed by atoms with van der Waals surface area (Å²) >= 11 is 0. The molecular weight excluding hydrogens is 320 g/mol. The van der Waals surface area contributed by atoms with Gasteiger partial charge in [-0.1, -0.05) is 12.1 Å². The van der Waals surface area contributed by atoms with Crippen LogP contribution in [0.15, 0.2) is 18.2 Å². The molecule has 2 aliphatic heterocycles. The van der Waals surface area contributed by atoms with Crippen molar-refractivity contribution in [3.05, 3.63) is 29.3 Å². The van der Waals surface area contributed by atoms with Gasteiger partial charge in [0.2, 0.25) is 15.9 Å². The van der Waals surface area contributed by atoms with Gasteiger partial charge in [-0.3, -0.25) is 4.79 Å². The molecule has 0 bridgehead atoms. The molecule has 122 valence electrons. The van der Waals surface area contributed by atoms with Gasteiger partial charge < -0.3 is 15.8 Å². The predicted octanol–water partition coefficient (Wildman–Crippen LogP) is -0.459. The minimum absolute atomic E-state index is 0.234. The summed E-state index contributed by atoms with van der Waals surface area (Å²) in [6.07, 6.45) is 0. The largest absolute Gasteiger partial charge is 0.379 e. The lowest BCUT2D eigenvalue weighted by atomic mass is 10.1. The summed E-state index contributed by atoms with van der Waals surface area (Å²) in [5.41, 5.74) is 6.44. The van der Waals surface area contributed by atoms with E-state index >= 15 is 0 Å². The number of primary amides is 1. The Hall–Kier alpha value is -2.15. The van der Waals surface area contributed by atoms with E-state index in [1.54, 1.807) is 18.2 Å². The highest BCUT2D eigenvalue weighted by molar-refractivity contribution is 7.89. The Kier molecular flexibility index (Phi) is 3.97. The fourth-order valence-corrected chi connectivity index (χ4v) is 5.03. The zero-order chi connectivity index (χ0) is 16.6. The number of morpholine rings is 1. The molecule has 0 aliphatic carbocycles. The van der Waals surface area contributed by atoms with Crippen LogP contribution in [0.5, 0.6) is 0 Å². The number of hydrogen-bond acceptors (Lipinski definition) is 6. The molecule has 1 aromatic rings. The Morgan fingerprint density at radius 3 is 2.70 bits per heavy atom. The van der Waals surface area contributed by atoms with Crippen LogP contribution in [0, 0.1) is 11.3 Å². The Morgan fingerprint density at radius 2 is 2.09 bits per heavy atom. The second kappa shape index (κ2) is 5.81. The summed E-state index contributed by atoms with van der Waals surface area (Å²) in [7, 11) is -3.81. The smallest absolute Gasteiger partial charge is 0.241 e. The van der Waals surface area contributed by atoms with Crippen LogP contribution >= 0.6 is 0 Å². The van der Waals surface area contributed by atoms with Gasteiger partial charge in [-0.15, -0.1) is 0 Å². The number of nitrogens with one attached hydrogen (secondary N) is 1. The highest BCUT2D eigenvalue weighted by Crippen LogP contribution is 2.42. The van der Waals surface area contributed by atoms with Crippen molar-refractivity contribution >= 4 is 21.6 Å². The summed E-state index contributed by atoms with van der Waals surface area (Å²) in [6.45, 7) is 1.09. The molecule has 3 N–H and O–H groups in total. The molecule has 2 heterocycles. The van der Waals surface area contributed by atoms with Crippen molar-refractivity contribution in [3.63, 3.8) is 0 Å². The number of nitrogens with zero attached hydrogens (tertiary/aromatic N) is 2. The van der Waals surface area contributed by atoms with Gasteiger partial charge in [-0.05, 0) is 11.6 Å². The van der Waals surface area contributed by atoms with Crippen LogP contribution in [-0.2, 0) is 19.6 Å². The topological polar surface area (TPSA) is 126 Å². The average molecular weight is 336 g/mol. The molecule has 8 nitrogen and oxygen atoms in total. The van der Waals surface area contributed by atoms with Crippen molar-refractivity contribution in [2.24, 2.45) is 5.73 Å². The maximum atomic E-state index is 13.0. The van der Waals surface area contributed by atoms with Gasteiger partial charge in [0.1, 0.15) is 17.4 Å². The van der Waals surface area contributed by atoms with Crippen LogP contribution in [0.25, 0.3) is 0 Å². The van der Waals surface area contributed by atoms with Crippen LogP contribution in [-0.4, -0.2) is 51.0 Å². The van der Waals surface area contributed by atoms with Crippen molar-refractivity contribution in [2.75, 3.05) is 31.6 Å². The van der Waals surface area contributed by atoms with Crippen LogP contribution in [0.4, 0.5) is 5.69 Å². The molecule has 9 heteroatoms. The van der Waals surface area contributed by atoms with Crippen LogP contribution in [0.2, 0.25) is 0 Å². The number of anilines is 1. The third-order valence-corrected chi connectivity index (χ3v) is 6.34. The summed E-state index contributed by atoms with van der Waals surface area (Å²) in [5, 5.41) is 10.9. The monoisotopic (exact) mass is 336 g/mol. The number of sulfonamides is 1. The first-order valence-electron chi connectivity index (χ1n) is 7.12. The molecule has 2 aliphatic rings. The van der Waals surface area contributed by atoms with Gasteiger partial charge in [0, 0.05) is 13.1 Å². The average Bonchev–Trinajstić information content (AvgIpc) is 2.96. The number of ether oxygens (including phenoxy) is 1.